The number of phenolic OH excluding ortho intramolecular Hbond substituents is 2. The van der Waals surface area contributed by atoms with Gasteiger partial charge in [-0.1, -0.05) is 43.0 Å². The van der Waals surface area contributed by atoms with Gasteiger partial charge in [0.05, 0.1) is 0 Å². The third-order valence-corrected chi connectivity index (χ3v) is 5.39. The molecule has 4 heteroatoms. The highest BCUT2D eigenvalue weighted by Gasteiger charge is 2.16. The Kier molecular flexibility index (Phi) is 5.33. The number of aldehydes is 1. The van der Waals surface area contributed by atoms with Crippen LogP contribution in [0.15, 0.2) is 70.5 Å². The summed E-state index contributed by atoms with van der Waals surface area (Å²) in [6.45, 7) is 3.93. The van der Waals surface area contributed by atoms with E-state index in [-0.39, 0.29) is 11.7 Å². The fourth-order valence-electron chi connectivity index (χ4n) is 2.85. The summed E-state index contributed by atoms with van der Waals surface area (Å²) >= 11 is 1.58. The maximum Gasteiger partial charge on any atom is 0.150 e. The molecule has 0 bridgehead atoms. The van der Waals surface area contributed by atoms with Crippen molar-refractivity contribution in [1.29, 1.82) is 0 Å². The second-order valence-corrected chi connectivity index (χ2v) is 7.43. The molecule has 3 aromatic carbocycles. The van der Waals surface area contributed by atoms with E-state index in [0.717, 1.165) is 32.8 Å². The van der Waals surface area contributed by atoms with Crippen molar-refractivity contribution in [3.63, 3.8) is 0 Å². The summed E-state index contributed by atoms with van der Waals surface area (Å²) in [6.07, 6.45) is 0.824. The lowest BCUT2D eigenvalue weighted by molar-refractivity contribution is 0.112. The Labute approximate surface area is 157 Å². The van der Waals surface area contributed by atoms with Gasteiger partial charge in [-0.25, -0.2) is 0 Å². The highest BCUT2D eigenvalue weighted by Crippen LogP contribution is 2.38. The van der Waals surface area contributed by atoms with Gasteiger partial charge in [-0.3, -0.25) is 4.79 Å². The molecule has 0 spiro atoms. The number of carbonyl (C=O) groups is 1. The van der Waals surface area contributed by atoms with Crippen LogP contribution in [0.1, 0.15) is 39.9 Å². The summed E-state index contributed by atoms with van der Waals surface area (Å²) < 4.78 is 0. The largest absolute Gasteiger partial charge is 0.508 e. The van der Waals surface area contributed by atoms with Crippen molar-refractivity contribution in [2.24, 2.45) is 0 Å². The molecule has 1 unspecified atom stereocenters. The minimum Gasteiger partial charge on any atom is -0.508 e. The van der Waals surface area contributed by atoms with Crippen molar-refractivity contribution in [3.05, 3.63) is 82.9 Å². The predicted octanol–water partition coefficient (Wildman–Crippen LogP) is 5.52. The third kappa shape index (κ3) is 3.92. The summed E-state index contributed by atoms with van der Waals surface area (Å²) in [6, 6.07) is 18.4. The Morgan fingerprint density at radius 3 is 2.19 bits per heavy atom. The van der Waals surface area contributed by atoms with E-state index in [4.69, 9.17) is 0 Å². The zero-order chi connectivity index (χ0) is 18.7. The standard InChI is InChI=1S/C22H20O3S/c1-14-11-20(26-19-9-7-18(24)8-10-19)12-21(22(14)25)15(2)17-5-3-16(13-23)4-6-17/h3-13,15,24-25H,1-2H3. The SMILES string of the molecule is Cc1cc(Sc2ccc(O)cc2)cc(C(C)c2ccc(C=O)cc2)c1O. The van der Waals surface area contributed by atoms with Crippen molar-refractivity contribution in [1.82, 2.24) is 0 Å². The molecule has 0 aliphatic rings. The quantitative estimate of drug-likeness (QED) is 0.585. The van der Waals surface area contributed by atoms with Crippen LogP contribution >= 0.6 is 11.8 Å². The Bertz CT molecular complexity index is 915. The monoisotopic (exact) mass is 364 g/mol. The van der Waals surface area contributed by atoms with Crippen LogP contribution in [0.3, 0.4) is 0 Å². The van der Waals surface area contributed by atoms with Crippen molar-refractivity contribution in [2.75, 3.05) is 0 Å². The van der Waals surface area contributed by atoms with E-state index >= 15 is 0 Å². The molecule has 2 N–H and O–H groups in total. The van der Waals surface area contributed by atoms with Crippen molar-refractivity contribution in [3.8, 4) is 11.5 Å². The van der Waals surface area contributed by atoms with Crippen molar-refractivity contribution < 1.29 is 15.0 Å². The topological polar surface area (TPSA) is 57.5 Å². The number of rotatable bonds is 5. The minimum atomic E-state index is -0.00484. The van der Waals surface area contributed by atoms with E-state index in [1.807, 2.05) is 50.2 Å². The molecule has 26 heavy (non-hydrogen) atoms. The van der Waals surface area contributed by atoms with Crippen LogP contribution in [-0.4, -0.2) is 16.5 Å². The highest BCUT2D eigenvalue weighted by molar-refractivity contribution is 7.99. The molecule has 1 atom stereocenters. The highest BCUT2D eigenvalue weighted by atomic mass is 32.2. The molecule has 132 valence electrons. The number of aryl methyl sites for hydroxylation is 1. The molecule has 0 aromatic heterocycles. The smallest absolute Gasteiger partial charge is 0.150 e. The van der Waals surface area contributed by atoms with E-state index in [9.17, 15) is 15.0 Å². The number of aromatic hydroxyl groups is 2. The van der Waals surface area contributed by atoms with Crippen LogP contribution in [0.5, 0.6) is 11.5 Å². The van der Waals surface area contributed by atoms with Gasteiger partial charge in [-0.05, 0) is 54.4 Å². The zero-order valence-electron chi connectivity index (χ0n) is 14.6. The Morgan fingerprint density at radius 1 is 0.923 bits per heavy atom. The zero-order valence-corrected chi connectivity index (χ0v) is 15.5. The van der Waals surface area contributed by atoms with Crippen LogP contribution in [0.2, 0.25) is 0 Å². The number of hydrogen-bond acceptors (Lipinski definition) is 4. The van der Waals surface area contributed by atoms with E-state index in [1.54, 1.807) is 36.0 Å². The molecule has 3 aromatic rings. The Morgan fingerprint density at radius 2 is 1.58 bits per heavy atom. The molecular weight excluding hydrogens is 344 g/mol. The second kappa shape index (κ2) is 7.67. The van der Waals surface area contributed by atoms with Crippen LogP contribution in [0.25, 0.3) is 0 Å². The van der Waals surface area contributed by atoms with Gasteiger partial charge in [0.1, 0.15) is 17.8 Å². The van der Waals surface area contributed by atoms with Gasteiger partial charge in [0.15, 0.2) is 0 Å². The number of benzene rings is 3. The molecule has 0 saturated heterocycles. The van der Waals surface area contributed by atoms with Crippen LogP contribution in [0, 0.1) is 6.92 Å². The van der Waals surface area contributed by atoms with Gasteiger partial charge in [-0.15, -0.1) is 0 Å². The van der Waals surface area contributed by atoms with Crippen LogP contribution in [0.4, 0.5) is 0 Å². The molecule has 0 heterocycles. The first-order chi connectivity index (χ1) is 12.5. The Hall–Kier alpha value is -2.72. The van der Waals surface area contributed by atoms with Crippen molar-refractivity contribution >= 4 is 18.0 Å². The van der Waals surface area contributed by atoms with Gasteiger partial charge in [0.2, 0.25) is 0 Å². The molecule has 0 amide bonds. The average molecular weight is 364 g/mol. The predicted molar refractivity (Wildman–Crippen MR) is 104 cm³/mol. The normalized spacial score (nSPS) is 11.9. The Balaban J connectivity index is 1.93. The van der Waals surface area contributed by atoms with E-state index in [2.05, 4.69) is 0 Å². The van der Waals surface area contributed by atoms with E-state index in [0.29, 0.717) is 11.3 Å². The molecule has 0 fully saturated rings. The number of carbonyl (C=O) groups excluding carboxylic acids is 1. The summed E-state index contributed by atoms with van der Waals surface area (Å²) in [5.41, 5.74) is 3.35. The molecule has 0 saturated carbocycles. The maximum atomic E-state index is 10.8. The summed E-state index contributed by atoms with van der Waals surface area (Å²) in [4.78, 5) is 12.9. The first kappa shape index (κ1) is 18.1. The minimum absolute atomic E-state index is 0.00484. The van der Waals surface area contributed by atoms with Gasteiger partial charge >= 0.3 is 0 Å². The van der Waals surface area contributed by atoms with Gasteiger partial charge < -0.3 is 10.2 Å². The lowest BCUT2D eigenvalue weighted by Gasteiger charge is -2.17. The van der Waals surface area contributed by atoms with Crippen LogP contribution in [-0.2, 0) is 0 Å². The van der Waals surface area contributed by atoms with Gasteiger partial charge in [0, 0.05) is 26.8 Å². The first-order valence-corrected chi connectivity index (χ1v) is 9.15. The van der Waals surface area contributed by atoms with E-state index < -0.39 is 0 Å². The van der Waals surface area contributed by atoms with Crippen LogP contribution < -0.4 is 0 Å². The fourth-order valence-corrected chi connectivity index (χ4v) is 3.82. The maximum absolute atomic E-state index is 10.8. The second-order valence-electron chi connectivity index (χ2n) is 6.28. The lowest BCUT2D eigenvalue weighted by Crippen LogP contribution is -1.99. The third-order valence-electron chi connectivity index (χ3n) is 4.41. The summed E-state index contributed by atoms with van der Waals surface area (Å²) in [5, 5.41) is 20.0. The molecular formula is C22H20O3S. The van der Waals surface area contributed by atoms with E-state index in [1.165, 1.54) is 0 Å². The lowest BCUT2D eigenvalue weighted by atomic mass is 9.91. The van der Waals surface area contributed by atoms with Gasteiger partial charge in [-0.2, -0.15) is 0 Å². The molecule has 0 aliphatic heterocycles. The first-order valence-electron chi connectivity index (χ1n) is 8.33. The van der Waals surface area contributed by atoms with Gasteiger partial charge in [0.25, 0.3) is 0 Å². The molecule has 3 rings (SSSR count). The summed E-state index contributed by atoms with van der Waals surface area (Å²) in [5.74, 6) is 0.533. The average Bonchev–Trinajstić information content (AvgIpc) is 2.66. The fraction of sp³-hybridized carbons (Fsp3) is 0.136. The van der Waals surface area contributed by atoms with Crippen molar-refractivity contribution in [2.45, 2.75) is 29.6 Å². The number of hydrogen-bond donors (Lipinski definition) is 2. The molecule has 3 nitrogen and oxygen atoms in total. The molecule has 0 aliphatic carbocycles. The molecule has 0 radical (unpaired) electrons. The number of phenols is 2. The summed E-state index contributed by atoms with van der Waals surface area (Å²) in [7, 11) is 0.